The topological polar surface area (TPSA) is 47.0 Å². The third kappa shape index (κ3) is 3.70. The molecule has 3 rings (SSSR count). The SMILES string of the molecule is COc1ccc(Cc2nc(C)c(C3CCCNC3)c(C)n2)cc1. The Morgan fingerprint density at radius 1 is 1.13 bits per heavy atom. The summed E-state index contributed by atoms with van der Waals surface area (Å²) >= 11 is 0. The summed E-state index contributed by atoms with van der Waals surface area (Å²) in [6.45, 7) is 6.42. The van der Waals surface area contributed by atoms with Crippen LogP contribution in [-0.2, 0) is 6.42 Å². The molecule has 2 aromatic rings. The minimum Gasteiger partial charge on any atom is -0.497 e. The minimum atomic E-state index is 0.554. The Bertz CT molecular complexity index is 638. The van der Waals surface area contributed by atoms with E-state index in [2.05, 4.69) is 31.3 Å². The fraction of sp³-hybridized carbons (Fsp3) is 0.474. The first kappa shape index (κ1) is 15.9. The van der Waals surface area contributed by atoms with Crippen molar-refractivity contribution in [2.75, 3.05) is 20.2 Å². The molecule has 4 nitrogen and oxygen atoms in total. The summed E-state index contributed by atoms with van der Waals surface area (Å²) < 4.78 is 5.20. The molecule has 122 valence electrons. The van der Waals surface area contributed by atoms with Gasteiger partial charge in [-0.1, -0.05) is 12.1 Å². The molecule has 23 heavy (non-hydrogen) atoms. The zero-order chi connectivity index (χ0) is 16.2. The van der Waals surface area contributed by atoms with Crippen molar-refractivity contribution >= 4 is 0 Å². The van der Waals surface area contributed by atoms with Gasteiger partial charge in [-0.05, 0) is 62.4 Å². The Labute approximate surface area is 138 Å². The predicted molar refractivity (Wildman–Crippen MR) is 92.2 cm³/mol. The number of hydrogen-bond acceptors (Lipinski definition) is 4. The average molecular weight is 311 g/mol. The van der Waals surface area contributed by atoms with E-state index in [1.54, 1.807) is 7.11 Å². The first-order chi connectivity index (χ1) is 11.2. The van der Waals surface area contributed by atoms with Crippen molar-refractivity contribution in [3.05, 3.63) is 52.6 Å². The zero-order valence-electron chi connectivity index (χ0n) is 14.2. The summed E-state index contributed by atoms with van der Waals surface area (Å²) in [6, 6.07) is 8.12. The molecule has 1 aromatic heterocycles. The maximum Gasteiger partial charge on any atom is 0.133 e. The van der Waals surface area contributed by atoms with Crippen molar-refractivity contribution in [1.82, 2.24) is 15.3 Å². The molecule has 1 N–H and O–H groups in total. The van der Waals surface area contributed by atoms with Crippen molar-refractivity contribution in [3.63, 3.8) is 0 Å². The van der Waals surface area contributed by atoms with Crippen LogP contribution < -0.4 is 10.1 Å². The lowest BCUT2D eigenvalue weighted by atomic mass is 9.89. The summed E-state index contributed by atoms with van der Waals surface area (Å²) in [4.78, 5) is 9.55. The smallest absolute Gasteiger partial charge is 0.133 e. The van der Waals surface area contributed by atoms with Crippen LogP contribution in [0.4, 0.5) is 0 Å². The molecule has 0 saturated carbocycles. The van der Waals surface area contributed by atoms with E-state index in [1.807, 2.05) is 12.1 Å². The van der Waals surface area contributed by atoms with Gasteiger partial charge in [0.15, 0.2) is 0 Å². The average Bonchev–Trinajstić information content (AvgIpc) is 2.56. The van der Waals surface area contributed by atoms with E-state index in [-0.39, 0.29) is 0 Å². The number of piperidine rings is 1. The number of nitrogens with one attached hydrogen (secondary N) is 1. The van der Waals surface area contributed by atoms with Crippen LogP contribution in [0.25, 0.3) is 0 Å². The van der Waals surface area contributed by atoms with Crippen molar-refractivity contribution in [2.45, 2.75) is 39.0 Å². The maximum absolute atomic E-state index is 5.20. The number of aryl methyl sites for hydroxylation is 2. The van der Waals surface area contributed by atoms with E-state index in [4.69, 9.17) is 14.7 Å². The number of benzene rings is 1. The van der Waals surface area contributed by atoms with Gasteiger partial charge in [0, 0.05) is 24.4 Å². The Morgan fingerprint density at radius 2 is 1.83 bits per heavy atom. The van der Waals surface area contributed by atoms with E-state index >= 15 is 0 Å². The second kappa shape index (κ2) is 7.09. The lowest BCUT2D eigenvalue weighted by Crippen LogP contribution is -2.29. The van der Waals surface area contributed by atoms with Gasteiger partial charge in [-0.3, -0.25) is 0 Å². The van der Waals surface area contributed by atoms with Crippen molar-refractivity contribution in [3.8, 4) is 5.75 Å². The lowest BCUT2D eigenvalue weighted by molar-refractivity contribution is 0.414. The molecule has 0 spiro atoms. The third-order valence-electron chi connectivity index (χ3n) is 4.60. The standard InChI is InChI=1S/C19H25N3O/c1-13-19(16-5-4-10-20-12-16)14(2)22-18(21-13)11-15-6-8-17(23-3)9-7-15/h6-9,16,20H,4-5,10-12H2,1-3H3. The number of nitrogens with zero attached hydrogens (tertiary/aromatic N) is 2. The Morgan fingerprint density at radius 3 is 2.39 bits per heavy atom. The summed E-state index contributed by atoms with van der Waals surface area (Å²) in [6.07, 6.45) is 3.22. The molecule has 0 radical (unpaired) electrons. The number of hydrogen-bond donors (Lipinski definition) is 1. The Hall–Kier alpha value is -1.94. The van der Waals surface area contributed by atoms with Gasteiger partial charge in [0.05, 0.1) is 7.11 Å². The highest BCUT2D eigenvalue weighted by Crippen LogP contribution is 2.27. The van der Waals surface area contributed by atoms with Crippen LogP contribution in [0.5, 0.6) is 5.75 Å². The highest BCUT2D eigenvalue weighted by molar-refractivity contribution is 5.32. The summed E-state index contributed by atoms with van der Waals surface area (Å²) in [5.41, 5.74) is 4.82. The van der Waals surface area contributed by atoms with Crippen LogP contribution in [0.3, 0.4) is 0 Å². The van der Waals surface area contributed by atoms with Crippen molar-refractivity contribution in [2.24, 2.45) is 0 Å². The molecule has 1 aliphatic rings. The van der Waals surface area contributed by atoms with E-state index in [9.17, 15) is 0 Å². The summed E-state index contributed by atoms with van der Waals surface area (Å²) in [5, 5.41) is 3.49. The first-order valence-corrected chi connectivity index (χ1v) is 8.35. The summed E-state index contributed by atoms with van der Waals surface area (Å²) in [5.74, 6) is 2.33. The van der Waals surface area contributed by atoms with Gasteiger partial charge < -0.3 is 10.1 Å². The maximum atomic E-state index is 5.20. The molecular formula is C19H25N3O. The minimum absolute atomic E-state index is 0.554. The number of methoxy groups -OCH3 is 1. The molecule has 1 atom stereocenters. The van der Waals surface area contributed by atoms with Crippen LogP contribution in [0.15, 0.2) is 24.3 Å². The van der Waals surface area contributed by atoms with E-state index in [0.717, 1.165) is 42.5 Å². The fourth-order valence-corrected chi connectivity index (χ4v) is 3.49. The van der Waals surface area contributed by atoms with Crippen molar-refractivity contribution in [1.29, 1.82) is 0 Å². The molecule has 0 amide bonds. The van der Waals surface area contributed by atoms with Crippen LogP contribution in [0.1, 0.15) is 47.1 Å². The molecule has 1 aromatic carbocycles. The van der Waals surface area contributed by atoms with Gasteiger partial charge in [0.25, 0.3) is 0 Å². The summed E-state index contributed by atoms with van der Waals surface area (Å²) in [7, 11) is 1.68. The first-order valence-electron chi connectivity index (χ1n) is 8.35. The van der Waals surface area contributed by atoms with Gasteiger partial charge >= 0.3 is 0 Å². The predicted octanol–water partition coefficient (Wildman–Crippen LogP) is 3.16. The molecule has 1 unspecified atom stereocenters. The second-order valence-corrected chi connectivity index (χ2v) is 6.29. The zero-order valence-corrected chi connectivity index (χ0v) is 14.2. The monoisotopic (exact) mass is 311 g/mol. The van der Waals surface area contributed by atoms with Gasteiger partial charge in [0.1, 0.15) is 11.6 Å². The third-order valence-corrected chi connectivity index (χ3v) is 4.60. The largest absolute Gasteiger partial charge is 0.497 e. The molecule has 0 bridgehead atoms. The normalized spacial score (nSPS) is 18.0. The Kier molecular flexibility index (Phi) is 4.91. The molecule has 0 aliphatic carbocycles. The van der Waals surface area contributed by atoms with E-state index in [0.29, 0.717) is 5.92 Å². The van der Waals surface area contributed by atoms with Crippen LogP contribution in [0.2, 0.25) is 0 Å². The number of rotatable bonds is 4. The van der Waals surface area contributed by atoms with Crippen LogP contribution in [0, 0.1) is 13.8 Å². The molecule has 1 aliphatic heterocycles. The van der Waals surface area contributed by atoms with E-state index < -0.39 is 0 Å². The molecule has 1 fully saturated rings. The fourth-order valence-electron chi connectivity index (χ4n) is 3.49. The Balaban J connectivity index is 1.80. The number of ether oxygens (including phenoxy) is 1. The molecule has 4 heteroatoms. The highest BCUT2D eigenvalue weighted by Gasteiger charge is 2.21. The number of aromatic nitrogens is 2. The van der Waals surface area contributed by atoms with Gasteiger partial charge in [0.2, 0.25) is 0 Å². The van der Waals surface area contributed by atoms with Crippen LogP contribution in [-0.4, -0.2) is 30.2 Å². The van der Waals surface area contributed by atoms with Crippen LogP contribution >= 0.6 is 0 Å². The van der Waals surface area contributed by atoms with Gasteiger partial charge in [-0.25, -0.2) is 9.97 Å². The van der Waals surface area contributed by atoms with Crippen molar-refractivity contribution < 1.29 is 4.74 Å². The lowest BCUT2D eigenvalue weighted by Gasteiger charge is -2.25. The second-order valence-electron chi connectivity index (χ2n) is 6.29. The molecule has 1 saturated heterocycles. The molecular weight excluding hydrogens is 286 g/mol. The van der Waals surface area contributed by atoms with Gasteiger partial charge in [-0.2, -0.15) is 0 Å². The quantitative estimate of drug-likeness (QED) is 0.942. The van der Waals surface area contributed by atoms with Gasteiger partial charge in [-0.15, -0.1) is 0 Å². The highest BCUT2D eigenvalue weighted by atomic mass is 16.5. The van der Waals surface area contributed by atoms with E-state index in [1.165, 1.54) is 24.0 Å². The molecule has 2 heterocycles.